The highest BCUT2D eigenvalue weighted by molar-refractivity contribution is 5.63. The molecule has 0 saturated heterocycles. The summed E-state index contributed by atoms with van der Waals surface area (Å²) in [7, 11) is 0. The fraction of sp³-hybridized carbons (Fsp3) is 0.600. The Morgan fingerprint density at radius 1 is 1.33 bits per heavy atom. The Balaban J connectivity index is 2.07. The highest BCUT2D eigenvalue weighted by Crippen LogP contribution is 2.57. The molecular weight excluding hydrogens is 256 g/mol. The van der Waals surface area contributed by atoms with Crippen molar-refractivity contribution in [1.29, 1.82) is 0 Å². The van der Waals surface area contributed by atoms with Gasteiger partial charge in [-0.15, -0.1) is 0 Å². The van der Waals surface area contributed by atoms with Gasteiger partial charge in [0.2, 0.25) is 0 Å². The molecule has 1 nitrogen and oxygen atoms in total. The normalized spacial score (nSPS) is 35.0. The average molecular weight is 284 g/mol. The smallest absolute Gasteiger partial charge is 0.0487 e. The molecule has 2 aliphatic carbocycles. The number of aliphatic hydroxyl groups excluding tert-OH is 1. The summed E-state index contributed by atoms with van der Waals surface area (Å²) in [5.74, 6) is 0.604. The van der Waals surface area contributed by atoms with Gasteiger partial charge in [0.05, 0.1) is 0 Å². The molecule has 2 aliphatic rings. The first-order valence-corrected chi connectivity index (χ1v) is 8.31. The van der Waals surface area contributed by atoms with Crippen molar-refractivity contribution in [3.05, 3.63) is 41.5 Å². The van der Waals surface area contributed by atoms with E-state index < -0.39 is 0 Å². The highest BCUT2D eigenvalue weighted by atomic mass is 16.3. The highest BCUT2D eigenvalue weighted by Gasteiger charge is 2.51. The van der Waals surface area contributed by atoms with Gasteiger partial charge in [0.1, 0.15) is 0 Å². The Bertz CT molecular complexity index is 573. The maximum absolute atomic E-state index is 9.96. The second-order valence-electron chi connectivity index (χ2n) is 7.83. The number of aliphatic hydroxyl groups is 1. The summed E-state index contributed by atoms with van der Waals surface area (Å²) in [6.07, 6.45) is 6.01. The van der Waals surface area contributed by atoms with Crippen molar-refractivity contribution >= 4 is 5.57 Å². The Kier molecular flexibility index (Phi) is 3.52. The van der Waals surface area contributed by atoms with Gasteiger partial charge in [-0.05, 0) is 66.0 Å². The van der Waals surface area contributed by atoms with E-state index in [9.17, 15) is 5.11 Å². The van der Waals surface area contributed by atoms with Crippen molar-refractivity contribution in [3.8, 4) is 0 Å². The largest absolute Gasteiger partial charge is 0.396 e. The van der Waals surface area contributed by atoms with Crippen molar-refractivity contribution in [1.82, 2.24) is 0 Å². The van der Waals surface area contributed by atoms with Crippen LogP contribution in [0.5, 0.6) is 0 Å². The number of allylic oxidation sites excluding steroid dienone is 1. The maximum atomic E-state index is 9.96. The second-order valence-corrected chi connectivity index (χ2v) is 7.83. The first-order chi connectivity index (χ1) is 9.90. The van der Waals surface area contributed by atoms with Gasteiger partial charge in [0.25, 0.3) is 0 Å². The van der Waals surface area contributed by atoms with E-state index in [1.54, 1.807) is 0 Å². The molecule has 0 unspecified atom stereocenters. The molecule has 114 valence electrons. The van der Waals surface area contributed by atoms with E-state index in [0.29, 0.717) is 12.5 Å². The molecule has 1 aromatic rings. The van der Waals surface area contributed by atoms with Gasteiger partial charge < -0.3 is 5.11 Å². The average Bonchev–Trinajstić information content (AvgIpc) is 2.46. The Labute approximate surface area is 129 Å². The number of aryl methyl sites for hydroxylation is 1. The molecule has 0 aromatic heterocycles. The molecule has 1 aromatic carbocycles. The van der Waals surface area contributed by atoms with Gasteiger partial charge in [-0.2, -0.15) is 0 Å². The molecule has 3 rings (SSSR count). The number of hydrogen-bond acceptors (Lipinski definition) is 1. The van der Waals surface area contributed by atoms with Crippen LogP contribution >= 0.6 is 0 Å². The summed E-state index contributed by atoms with van der Waals surface area (Å²) < 4.78 is 0. The van der Waals surface area contributed by atoms with Crippen molar-refractivity contribution in [2.45, 2.75) is 58.3 Å². The first-order valence-electron chi connectivity index (χ1n) is 8.31. The standard InChI is InChI=1S/C20H28O/c1-14(2)15-6-8-17-16(12-15)7-9-18-19(3,13-21)10-5-11-20(17,18)4/h6,8,12,18,21H,1,5,7,9-11,13H2,2-4H3/t18-,19-,20+/m0/s1. The molecule has 1 saturated carbocycles. The van der Waals surface area contributed by atoms with Gasteiger partial charge >= 0.3 is 0 Å². The summed E-state index contributed by atoms with van der Waals surface area (Å²) in [5.41, 5.74) is 5.79. The third-order valence-corrected chi connectivity index (χ3v) is 6.33. The van der Waals surface area contributed by atoms with E-state index in [4.69, 9.17) is 0 Å². The predicted octanol–water partition coefficient (Wildman–Crippen LogP) is 4.72. The lowest BCUT2D eigenvalue weighted by molar-refractivity contribution is -0.0178. The van der Waals surface area contributed by atoms with E-state index in [1.807, 2.05) is 0 Å². The lowest BCUT2D eigenvalue weighted by Crippen LogP contribution is -2.50. The van der Waals surface area contributed by atoms with Crippen LogP contribution in [0.4, 0.5) is 0 Å². The third kappa shape index (κ3) is 2.17. The summed E-state index contributed by atoms with van der Waals surface area (Å²) >= 11 is 0. The maximum Gasteiger partial charge on any atom is 0.0487 e. The molecule has 0 aliphatic heterocycles. The lowest BCUT2D eigenvalue weighted by Gasteiger charge is -2.55. The van der Waals surface area contributed by atoms with Crippen LogP contribution in [0.25, 0.3) is 5.57 Å². The van der Waals surface area contributed by atoms with Gasteiger partial charge in [-0.1, -0.05) is 50.6 Å². The van der Waals surface area contributed by atoms with Gasteiger partial charge in [0, 0.05) is 6.61 Å². The zero-order valence-electron chi connectivity index (χ0n) is 13.7. The monoisotopic (exact) mass is 284 g/mol. The zero-order chi connectivity index (χ0) is 15.3. The molecule has 0 bridgehead atoms. The van der Waals surface area contributed by atoms with Crippen LogP contribution in [0.1, 0.15) is 63.1 Å². The van der Waals surface area contributed by atoms with Crippen molar-refractivity contribution in [3.63, 3.8) is 0 Å². The molecule has 0 heterocycles. The van der Waals surface area contributed by atoms with Crippen LogP contribution in [0.3, 0.4) is 0 Å². The fourth-order valence-corrected chi connectivity index (χ4v) is 5.08. The Morgan fingerprint density at radius 2 is 2.10 bits per heavy atom. The van der Waals surface area contributed by atoms with E-state index in [1.165, 1.54) is 42.4 Å². The summed E-state index contributed by atoms with van der Waals surface area (Å²) in [4.78, 5) is 0. The topological polar surface area (TPSA) is 20.2 Å². The molecule has 21 heavy (non-hydrogen) atoms. The SMILES string of the molecule is C=C(C)c1ccc2c(c1)CC[C@H]1[C@](C)(CO)CCC[C@]21C. The molecule has 3 atom stereocenters. The van der Waals surface area contributed by atoms with E-state index in [2.05, 4.69) is 45.5 Å². The lowest BCUT2D eigenvalue weighted by atomic mass is 9.50. The minimum atomic E-state index is 0.0950. The Hall–Kier alpha value is -1.08. The van der Waals surface area contributed by atoms with Crippen LogP contribution in [0, 0.1) is 11.3 Å². The number of fused-ring (bicyclic) bond motifs is 3. The molecular formula is C20H28O. The molecule has 1 fully saturated rings. The van der Waals surface area contributed by atoms with Crippen LogP contribution in [-0.2, 0) is 11.8 Å². The summed E-state index contributed by atoms with van der Waals surface area (Å²) in [6.45, 7) is 11.2. The third-order valence-electron chi connectivity index (χ3n) is 6.33. The second kappa shape index (κ2) is 4.98. The van der Waals surface area contributed by atoms with E-state index in [0.717, 1.165) is 12.0 Å². The zero-order valence-corrected chi connectivity index (χ0v) is 13.7. The van der Waals surface area contributed by atoms with E-state index >= 15 is 0 Å². The number of rotatable bonds is 2. The first kappa shape index (κ1) is 14.8. The van der Waals surface area contributed by atoms with Gasteiger partial charge in [0.15, 0.2) is 0 Å². The fourth-order valence-electron chi connectivity index (χ4n) is 5.08. The minimum Gasteiger partial charge on any atom is -0.396 e. The number of benzene rings is 1. The molecule has 1 heteroatoms. The van der Waals surface area contributed by atoms with E-state index in [-0.39, 0.29) is 10.8 Å². The molecule has 0 spiro atoms. The molecule has 0 amide bonds. The van der Waals surface area contributed by atoms with Gasteiger partial charge in [-0.25, -0.2) is 0 Å². The van der Waals surface area contributed by atoms with Crippen LogP contribution < -0.4 is 0 Å². The van der Waals surface area contributed by atoms with Crippen LogP contribution in [0.15, 0.2) is 24.8 Å². The van der Waals surface area contributed by atoms with Crippen LogP contribution in [-0.4, -0.2) is 11.7 Å². The van der Waals surface area contributed by atoms with Gasteiger partial charge in [-0.3, -0.25) is 0 Å². The predicted molar refractivity (Wildman–Crippen MR) is 89.4 cm³/mol. The summed E-state index contributed by atoms with van der Waals surface area (Å²) in [6, 6.07) is 6.93. The van der Waals surface area contributed by atoms with Crippen molar-refractivity contribution in [2.24, 2.45) is 11.3 Å². The van der Waals surface area contributed by atoms with Crippen molar-refractivity contribution < 1.29 is 5.11 Å². The molecule has 0 radical (unpaired) electrons. The minimum absolute atomic E-state index is 0.0950. The van der Waals surface area contributed by atoms with Crippen molar-refractivity contribution in [2.75, 3.05) is 6.61 Å². The summed E-state index contributed by atoms with van der Waals surface area (Å²) in [5, 5.41) is 9.96. The number of hydrogen-bond donors (Lipinski definition) is 1. The quantitative estimate of drug-likeness (QED) is 0.833. The van der Waals surface area contributed by atoms with Crippen LogP contribution in [0.2, 0.25) is 0 Å². The molecule has 1 N–H and O–H groups in total. The Morgan fingerprint density at radius 3 is 2.76 bits per heavy atom.